The molecule has 122 valence electrons. The number of likely N-dealkylation sites (tertiary alicyclic amines) is 1. The van der Waals surface area contributed by atoms with Crippen LogP contribution in [-0.2, 0) is 9.59 Å². The lowest BCUT2D eigenvalue weighted by Gasteiger charge is -2.32. The van der Waals surface area contributed by atoms with Gasteiger partial charge in [-0.15, -0.1) is 0 Å². The summed E-state index contributed by atoms with van der Waals surface area (Å²) in [4.78, 5) is 25.7. The molecule has 1 fully saturated rings. The third-order valence-electron chi connectivity index (χ3n) is 4.05. The second-order valence-electron chi connectivity index (χ2n) is 7.63. The maximum atomic E-state index is 12.4. The van der Waals surface area contributed by atoms with E-state index < -0.39 is 0 Å². The lowest BCUT2D eigenvalue weighted by atomic mass is 9.83. The van der Waals surface area contributed by atoms with Gasteiger partial charge >= 0.3 is 0 Å². The fraction of sp³-hybridized carbons (Fsp3) is 0.875. The summed E-state index contributed by atoms with van der Waals surface area (Å²) in [5.74, 6) is -0.371. The minimum Gasteiger partial charge on any atom is -0.355 e. The van der Waals surface area contributed by atoms with Crippen molar-refractivity contribution in [2.45, 2.75) is 45.8 Å². The Labute approximate surface area is 134 Å². The summed E-state index contributed by atoms with van der Waals surface area (Å²) in [7, 11) is 0. The van der Waals surface area contributed by atoms with Crippen molar-refractivity contribution in [1.82, 2.24) is 10.2 Å². The third kappa shape index (κ3) is 5.99. The zero-order valence-electron chi connectivity index (χ0n) is 14.0. The molecule has 2 atom stereocenters. The van der Waals surface area contributed by atoms with Crippen molar-refractivity contribution in [3.05, 3.63) is 0 Å². The SMILES string of the molecule is CCN1CC(C=O)C(C(=O)NCC(C)(C)CC(C)(C)S)C1. The van der Waals surface area contributed by atoms with Gasteiger partial charge in [0, 0.05) is 30.3 Å². The fourth-order valence-electron chi connectivity index (χ4n) is 3.28. The van der Waals surface area contributed by atoms with Crippen LogP contribution in [-0.4, -0.2) is 48.0 Å². The molecule has 0 aromatic heterocycles. The van der Waals surface area contributed by atoms with E-state index in [1.807, 2.05) is 0 Å². The normalized spacial score (nSPS) is 24.1. The van der Waals surface area contributed by atoms with E-state index in [1.165, 1.54) is 0 Å². The molecule has 0 aromatic carbocycles. The third-order valence-corrected chi connectivity index (χ3v) is 4.21. The van der Waals surface area contributed by atoms with Crippen molar-refractivity contribution in [3.63, 3.8) is 0 Å². The highest BCUT2D eigenvalue weighted by molar-refractivity contribution is 7.81. The van der Waals surface area contributed by atoms with Crippen LogP contribution in [0.3, 0.4) is 0 Å². The number of nitrogens with one attached hydrogen (secondary N) is 1. The van der Waals surface area contributed by atoms with E-state index in [0.29, 0.717) is 19.6 Å². The number of hydrogen-bond donors (Lipinski definition) is 2. The molecule has 1 heterocycles. The Hall–Kier alpha value is -0.550. The number of carbonyl (C=O) groups is 2. The molecule has 0 spiro atoms. The Morgan fingerprint density at radius 2 is 1.95 bits per heavy atom. The molecule has 0 saturated carbocycles. The second kappa shape index (κ2) is 7.14. The van der Waals surface area contributed by atoms with E-state index in [0.717, 1.165) is 19.3 Å². The zero-order chi connectivity index (χ0) is 16.3. The first-order valence-electron chi connectivity index (χ1n) is 7.76. The Kier molecular flexibility index (Phi) is 6.29. The van der Waals surface area contributed by atoms with Crippen LogP contribution in [0.5, 0.6) is 0 Å². The lowest BCUT2D eigenvalue weighted by molar-refractivity contribution is -0.128. The molecule has 0 aliphatic carbocycles. The largest absolute Gasteiger partial charge is 0.355 e. The molecule has 1 saturated heterocycles. The summed E-state index contributed by atoms with van der Waals surface area (Å²) < 4.78 is -0.0636. The minimum absolute atomic E-state index is 0.00750. The van der Waals surface area contributed by atoms with Gasteiger partial charge < -0.3 is 15.0 Å². The molecule has 0 aromatic rings. The molecule has 1 aliphatic rings. The molecule has 1 N–H and O–H groups in total. The van der Waals surface area contributed by atoms with Gasteiger partial charge in [-0.2, -0.15) is 12.6 Å². The lowest BCUT2D eigenvalue weighted by Crippen LogP contribution is -2.42. The topological polar surface area (TPSA) is 49.4 Å². The Morgan fingerprint density at radius 3 is 2.43 bits per heavy atom. The number of amides is 1. The van der Waals surface area contributed by atoms with Gasteiger partial charge in [0.1, 0.15) is 6.29 Å². The number of hydrogen-bond acceptors (Lipinski definition) is 4. The van der Waals surface area contributed by atoms with Crippen LogP contribution in [0.15, 0.2) is 0 Å². The molecule has 0 bridgehead atoms. The van der Waals surface area contributed by atoms with Crippen LogP contribution in [0.2, 0.25) is 0 Å². The van der Waals surface area contributed by atoms with E-state index >= 15 is 0 Å². The molecule has 1 amide bonds. The van der Waals surface area contributed by atoms with E-state index in [4.69, 9.17) is 0 Å². The maximum Gasteiger partial charge on any atom is 0.225 e. The number of nitrogens with zero attached hydrogens (tertiary/aromatic N) is 1. The van der Waals surface area contributed by atoms with Gasteiger partial charge in [0.2, 0.25) is 5.91 Å². The van der Waals surface area contributed by atoms with Gasteiger partial charge in [-0.3, -0.25) is 4.79 Å². The summed E-state index contributed by atoms with van der Waals surface area (Å²) in [6.07, 6.45) is 1.84. The van der Waals surface area contributed by atoms with Crippen molar-refractivity contribution in [2.24, 2.45) is 17.3 Å². The summed E-state index contributed by atoms with van der Waals surface area (Å²) in [5, 5.41) is 3.04. The average Bonchev–Trinajstić information content (AvgIpc) is 2.76. The predicted octanol–water partition coefficient (Wildman–Crippen LogP) is 1.99. The van der Waals surface area contributed by atoms with Crippen LogP contribution >= 0.6 is 12.6 Å². The highest BCUT2D eigenvalue weighted by atomic mass is 32.1. The van der Waals surface area contributed by atoms with Crippen molar-refractivity contribution in [3.8, 4) is 0 Å². The molecule has 0 radical (unpaired) electrons. The molecule has 1 rings (SSSR count). The van der Waals surface area contributed by atoms with E-state index in [1.54, 1.807) is 0 Å². The summed E-state index contributed by atoms with van der Waals surface area (Å²) in [6.45, 7) is 13.4. The van der Waals surface area contributed by atoms with Crippen LogP contribution in [0.4, 0.5) is 0 Å². The first-order chi connectivity index (χ1) is 9.58. The van der Waals surface area contributed by atoms with Gasteiger partial charge in [0.05, 0.1) is 5.92 Å². The van der Waals surface area contributed by atoms with Crippen LogP contribution in [0, 0.1) is 17.3 Å². The van der Waals surface area contributed by atoms with Gasteiger partial charge in [-0.05, 0) is 18.4 Å². The molecule has 4 nitrogen and oxygen atoms in total. The predicted molar refractivity (Wildman–Crippen MR) is 89.6 cm³/mol. The quantitative estimate of drug-likeness (QED) is 0.558. The zero-order valence-corrected chi connectivity index (χ0v) is 14.9. The van der Waals surface area contributed by atoms with Crippen molar-refractivity contribution >= 4 is 24.8 Å². The first kappa shape index (κ1) is 18.5. The Morgan fingerprint density at radius 1 is 1.33 bits per heavy atom. The van der Waals surface area contributed by atoms with Gasteiger partial charge in [0.15, 0.2) is 0 Å². The first-order valence-corrected chi connectivity index (χ1v) is 8.20. The Bertz CT molecular complexity index is 377. The molecular weight excluding hydrogens is 284 g/mol. The number of aldehydes is 1. The highest BCUT2D eigenvalue weighted by Crippen LogP contribution is 2.31. The number of carbonyl (C=O) groups excluding carboxylic acids is 2. The molecule has 1 aliphatic heterocycles. The number of rotatable bonds is 7. The van der Waals surface area contributed by atoms with Crippen molar-refractivity contribution in [2.75, 3.05) is 26.2 Å². The van der Waals surface area contributed by atoms with Crippen LogP contribution in [0.25, 0.3) is 0 Å². The Balaban J connectivity index is 2.55. The minimum atomic E-state index is -0.206. The van der Waals surface area contributed by atoms with E-state index in [9.17, 15) is 9.59 Å². The standard InChI is InChI=1S/C16H30N2O2S/c1-6-18-7-12(9-19)13(8-18)14(20)17-11-15(2,3)10-16(4,5)21/h9,12-13,21H,6-8,10-11H2,1-5H3,(H,17,20). The molecular formula is C16H30N2O2S. The van der Waals surface area contributed by atoms with Gasteiger partial charge in [-0.1, -0.05) is 34.6 Å². The molecule has 5 heteroatoms. The maximum absolute atomic E-state index is 12.4. The molecule has 2 unspecified atom stereocenters. The summed E-state index contributed by atoms with van der Waals surface area (Å²) >= 11 is 4.57. The van der Waals surface area contributed by atoms with Crippen molar-refractivity contribution in [1.29, 1.82) is 0 Å². The highest BCUT2D eigenvalue weighted by Gasteiger charge is 2.37. The van der Waals surface area contributed by atoms with Crippen LogP contribution < -0.4 is 5.32 Å². The smallest absolute Gasteiger partial charge is 0.225 e. The van der Waals surface area contributed by atoms with E-state index in [-0.39, 0.29) is 27.9 Å². The van der Waals surface area contributed by atoms with Crippen LogP contribution in [0.1, 0.15) is 41.0 Å². The number of thiol groups is 1. The van der Waals surface area contributed by atoms with E-state index in [2.05, 4.69) is 57.5 Å². The summed E-state index contributed by atoms with van der Waals surface area (Å²) in [5.41, 5.74) is -0.0133. The second-order valence-corrected chi connectivity index (χ2v) is 8.84. The van der Waals surface area contributed by atoms with Crippen molar-refractivity contribution < 1.29 is 9.59 Å². The summed E-state index contributed by atoms with van der Waals surface area (Å²) in [6, 6.07) is 0. The average molecular weight is 314 g/mol. The van der Waals surface area contributed by atoms with Gasteiger partial charge in [-0.25, -0.2) is 0 Å². The van der Waals surface area contributed by atoms with Gasteiger partial charge in [0.25, 0.3) is 0 Å². The monoisotopic (exact) mass is 314 g/mol. The molecule has 21 heavy (non-hydrogen) atoms. The fourth-order valence-corrected chi connectivity index (χ4v) is 3.71.